The minimum absolute atomic E-state index is 0.0764. The number of nitrogens with zero attached hydrogens (tertiary/aromatic N) is 2. The van der Waals surface area contributed by atoms with E-state index in [2.05, 4.69) is 10.1 Å². The summed E-state index contributed by atoms with van der Waals surface area (Å²) < 4.78 is 0. The zero-order valence-corrected chi connectivity index (χ0v) is 6.84. The smallest absolute Gasteiger partial charge is 0.193 e. The predicted octanol–water partition coefficient (Wildman–Crippen LogP) is 2.11. The van der Waals surface area contributed by atoms with Crippen molar-refractivity contribution in [2.45, 2.75) is 0 Å². The molecule has 1 N–H and O–H groups in total. The van der Waals surface area contributed by atoms with Gasteiger partial charge >= 0.3 is 0 Å². The first-order valence-corrected chi connectivity index (χ1v) is 3.49. The van der Waals surface area contributed by atoms with Crippen molar-refractivity contribution in [3.05, 3.63) is 29.0 Å². The van der Waals surface area contributed by atoms with Crippen LogP contribution in [0, 0.1) is 0 Å². The number of aromatic nitrogens is 1. The van der Waals surface area contributed by atoms with E-state index in [4.69, 9.17) is 28.4 Å². The van der Waals surface area contributed by atoms with Gasteiger partial charge in [-0.1, -0.05) is 28.4 Å². The summed E-state index contributed by atoms with van der Waals surface area (Å²) in [7, 11) is 0. The Labute approximate surface area is 73.3 Å². The van der Waals surface area contributed by atoms with Crippen LogP contribution in [0.4, 0.5) is 0 Å². The Bertz CT molecular complexity index is 288. The topological polar surface area (TPSA) is 45.5 Å². The van der Waals surface area contributed by atoms with Crippen LogP contribution in [-0.4, -0.2) is 15.4 Å². The molecule has 0 radical (unpaired) electrons. The van der Waals surface area contributed by atoms with Crippen molar-refractivity contribution < 1.29 is 5.21 Å². The molecule has 0 saturated heterocycles. The third-order valence-corrected chi connectivity index (χ3v) is 1.53. The summed E-state index contributed by atoms with van der Waals surface area (Å²) in [5, 5.41) is 11.4. The van der Waals surface area contributed by atoms with Gasteiger partial charge in [0.25, 0.3) is 0 Å². The van der Waals surface area contributed by atoms with E-state index < -0.39 is 0 Å². The van der Waals surface area contributed by atoms with Crippen LogP contribution in [-0.2, 0) is 0 Å². The molecule has 1 aromatic heterocycles. The van der Waals surface area contributed by atoms with E-state index in [0.717, 1.165) is 0 Å². The first-order chi connectivity index (χ1) is 5.24. The maximum atomic E-state index is 8.25. The van der Waals surface area contributed by atoms with Crippen molar-refractivity contribution in [1.29, 1.82) is 0 Å². The second kappa shape index (κ2) is 3.55. The van der Waals surface area contributed by atoms with E-state index in [9.17, 15) is 0 Å². The fourth-order valence-corrected chi connectivity index (χ4v) is 0.832. The molecule has 0 spiro atoms. The lowest BCUT2D eigenvalue weighted by atomic mass is 10.4. The quantitative estimate of drug-likeness (QED) is 0.419. The van der Waals surface area contributed by atoms with Gasteiger partial charge in [-0.15, -0.1) is 0 Å². The van der Waals surface area contributed by atoms with E-state index in [0.29, 0.717) is 10.7 Å². The van der Waals surface area contributed by atoms with Crippen molar-refractivity contribution in [1.82, 2.24) is 4.98 Å². The van der Waals surface area contributed by atoms with Crippen molar-refractivity contribution in [2.75, 3.05) is 0 Å². The Morgan fingerprint density at radius 3 is 2.91 bits per heavy atom. The van der Waals surface area contributed by atoms with Gasteiger partial charge in [-0.25, -0.2) is 0 Å². The first kappa shape index (κ1) is 8.30. The number of hydrogen-bond acceptors (Lipinski definition) is 3. The summed E-state index contributed by atoms with van der Waals surface area (Å²) in [5.41, 5.74) is 0.349. The van der Waals surface area contributed by atoms with Crippen molar-refractivity contribution in [3.8, 4) is 0 Å². The molecule has 0 bridgehead atoms. The maximum absolute atomic E-state index is 8.25. The fourth-order valence-electron chi connectivity index (χ4n) is 0.569. The molecule has 0 amide bonds. The molecule has 0 aliphatic heterocycles. The van der Waals surface area contributed by atoms with Gasteiger partial charge in [0, 0.05) is 11.2 Å². The number of oxime groups is 1. The molecule has 3 nitrogen and oxygen atoms in total. The Kier molecular flexibility index (Phi) is 2.68. The molecule has 0 aliphatic carbocycles. The van der Waals surface area contributed by atoms with E-state index in [1.165, 1.54) is 12.3 Å². The van der Waals surface area contributed by atoms with Crippen LogP contribution in [0.2, 0.25) is 5.02 Å². The predicted molar refractivity (Wildman–Crippen MR) is 43.4 cm³/mol. The van der Waals surface area contributed by atoms with Crippen molar-refractivity contribution >= 4 is 28.4 Å². The Morgan fingerprint density at radius 2 is 2.36 bits per heavy atom. The summed E-state index contributed by atoms with van der Waals surface area (Å²) in [5.74, 6) is 0. The molecular weight excluding hydrogens is 187 g/mol. The molecule has 0 unspecified atom stereocenters. The van der Waals surface area contributed by atoms with Crippen molar-refractivity contribution in [2.24, 2.45) is 5.16 Å². The number of hydrogen-bond donors (Lipinski definition) is 1. The van der Waals surface area contributed by atoms with E-state index in [1.807, 2.05) is 0 Å². The van der Waals surface area contributed by atoms with Gasteiger partial charge in [0.2, 0.25) is 0 Å². The number of rotatable bonds is 1. The highest BCUT2D eigenvalue weighted by atomic mass is 35.5. The molecule has 1 aromatic rings. The average molecular weight is 191 g/mol. The molecule has 11 heavy (non-hydrogen) atoms. The second-order valence-corrected chi connectivity index (χ2v) is 2.54. The third-order valence-electron chi connectivity index (χ3n) is 1.02. The van der Waals surface area contributed by atoms with E-state index >= 15 is 0 Å². The van der Waals surface area contributed by atoms with Gasteiger partial charge in [-0.2, -0.15) is 0 Å². The van der Waals surface area contributed by atoms with E-state index in [-0.39, 0.29) is 5.17 Å². The molecule has 58 valence electrons. The molecule has 5 heteroatoms. The third kappa shape index (κ3) is 2.06. The van der Waals surface area contributed by atoms with Gasteiger partial charge < -0.3 is 5.21 Å². The lowest BCUT2D eigenvalue weighted by Crippen LogP contribution is -1.93. The summed E-state index contributed by atoms with van der Waals surface area (Å²) in [6.45, 7) is 0. The molecular formula is C6H4Cl2N2O. The highest BCUT2D eigenvalue weighted by Gasteiger charge is 2.01. The normalized spacial score (nSPS) is 11.6. The first-order valence-electron chi connectivity index (χ1n) is 2.73. The van der Waals surface area contributed by atoms with Crippen molar-refractivity contribution in [3.63, 3.8) is 0 Å². The largest absolute Gasteiger partial charge is 0.410 e. The second-order valence-electron chi connectivity index (χ2n) is 1.75. The van der Waals surface area contributed by atoms with Gasteiger partial charge in [0.05, 0.1) is 0 Å². The summed E-state index contributed by atoms with van der Waals surface area (Å²) in [4.78, 5) is 3.80. The van der Waals surface area contributed by atoms with Crippen LogP contribution in [0.5, 0.6) is 0 Å². The van der Waals surface area contributed by atoms with Gasteiger partial charge in [-0.05, 0) is 12.1 Å². The SMILES string of the molecule is O/N=C(\Cl)c1cc(Cl)ccn1. The Morgan fingerprint density at radius 1 is 1.64 bits per heavy atom. The lowest BCUT2D eigenvalue weighted by Gasteiger charge is -1.94. The maximum Gasteiger partial charge on any atom is 0.193 e. The summed E-state index contributed by atoms with van der Waals surface area (Å²) in [6, 6.07) is 3.11. The number of pyridine rings is 1. The highest BCUT2D eigenvalue weighted by Crippen LogP contribution is 2.09. The molecule has 0 atom stereocenters. The fraction of sp³-hybridized carbons (Fsp3) is 0. The minimum atomic E-state index is -0.0764. The standard InChI is InChI=1S/C6H4Cl2N2O/c7-4-1-2-9-5(3-4)6(8)10-11/h1-3,11H/b10-6-. The zero-order valence-electron chi connectivity index (χ0n) is 5.33. The summed E-state index contributed by atoms with van der Waals surface area (Å²) in [6.07, 6.45) is 1.48. The van der Waals surface area contributed by atoms with Crippen LogP contribution in [0.25, 0.3) is 0 Å². The van der Waals surface area contributed by atoms with Crippen LogP contribution >= 0.6 is 23.2 Å². The summed E-state index contributed by atoms with van der Waals surface area (Å²) >= 11 is 11.1. The highest BCUT2D eigenvalue weighted by molar-refractivity contribution is 6.69. The Balaban J connectivity index is 3.06. The molecule has 0 aromatic carbocycles. The van der Waals surface area contributed by atoms with Crippen LogP contribution in [0.1, 0.15) is 5.69 Å². The molecule has 0 fully saturated rings. The van der Waals surface area contributed by atoms with Crippen LogP contribution in [0.15, 0.2) is 23.5 Å². The Hall–Kier alpha value is -0.800. The number of halogens is 2. The molecule has 1 rings (SSSR count). The average Bonchev–Trinajstić information content (AvgIpc) is 2.03. The van der Waals surface area contributed by atoms with Crippen LogP contribution in [0.3, 0.4) is 0 Å². The molecule has 1 heterocycles. The monoisotopic (exact) mass is 190 g/mol. The van der Waals surface area contributed by atoms with E-state index in [1.54, 1.807) is 6.07 Å². The lowest BCUT2D eigenvalue weighted by molar-refractivity contribution is 0.320. The zero-order chi connectivity index (χ0) is 8.27. The molecule has 0 saturated carbocycles. The van der Waals surface area contributed by atoms with Crippen LogP contribution < -0.4 is 0 Å². The van der Waals surface area contributed by atoms with Gasteiger partial charge in [-0.3, -0.25) is 4.98 Å². The molecule has 0 aliphatic rings. The van der Waals surface area contributed by atoms with Gasteiger partial charge in [0.15, 0.2) is 5.17 Å². The minimum Gasteiger partial charge on any atom is -0.410 e. The van der Waals surface area contributed by atoms with Gasteiger partial charge in [0.1, 0.15) is 5.69 Å².